The number of carbonyl (C=O) groups excluding carboxylic acids is 1. The lowest BCUT2D eigenvalue weighted by molar-refractivity contribution is 0.0933. The molecule has 0 aliphatic carbocycles. The highest BCUT2D eigenvalue weighted by atomic mass is 16.5. The quantitative estimate of drug-likeness (QED) is 0.744. The fraction of sp³-hybridized carbons (Fsp3) is 0.294. The number of carbonyl (C=O) groups is 1. The van der Waals surface area contributed by atoms with Gasteiger partial charge in [-0.1, -0.05) is 5.16 Å². The van der Waals surface area contributed by atoms with Crippen molar-refractivity contribution in [3.05, 3.63) is 54.7 Å². The Hall–Kier alpha value is -3.20. The summed E-state index contributed by atoms with van der Waals surface area (Å²) >= 11 is 0. The SMILES string of the molecule is CN1C[C@@H](NC(=O)c2cnccn2)C[C@H]1c1nc(-c2ccncc2)no1. The molecule has 1 N–H and O–H groups in total. The summed E-state index contributed by atoms with van der Waals surface area (Å²) in [6, 6.07) is 3.58. The molecule has 132 valence electrons. The molecule has 1 saturated heterocycles. The number of nitrogens with one attached hydrogen (secondary N) is 1. The van der Waals surface area contributed by atoms with E-state index in [2.05, 4.69) is 35.3 Å². The largest absolute Gasteiger partial charge is 0.347 e. The highest BCUT2D eigenvalue weighted by molar-refractivity contribution is 5.92. The van der Waals surface area contributed by atoms with Gasteiger partial charge in [0, 0.05) is 42.9 Å². The van der Waals surface area contributed by atoms with Crippen LogP contribution in [0.25, 0.3) is 11.4 Å². The van der Waals surface area contributed by atoms with Gasteiger partial charge in [0.15, 0.2) is 0 Å². The van der Waals surface area contributed by atoms with Crippen LogP contribution in [0.3, 0.4) is 0 Å². The standard InChI is InChI=1S/C17H17N7O2/c1-24-10-12(21-16(25)13-9-19-6-7-20-13)8-14(24)17-22-15(23-26-17)11-2-4-18-5-3-11/h2-7,9,12,14H,8,10H2,1H3,(H,21,25)/t12-,14-/m0/s1. The number of hydrogen-bond donors (Lipinski definition) is 1. The second kappa shape index (κ2) is 6.96. The van der Waals surface area contributed by atoms with Crippen LogP contribution < -0.4 is 5.32 Å². The summed E-state index contributed by atoms with van der Waals surface area (Å²) < 4.78 is 5.45. The lowest BCUT2D eigenvalue weighted by Gasteiger charge is -2.14. The summed E-state index contributed by atoms with van der Waals surface area (Å²) in [6.45, 7) is 0.684. The van der Waals surface area contributed by atoms with E-state index in [1.165, 1.54) is 18.6 Å². The molecular formula is C17H17N7O2. The van der Waals surface area contributed by atoms with Gasteiger partial charge in [-0.15, -0.1) is 0 Å². The molecule has 3 aromatic rings. The van der Waals surface area contributed by atoms with Gasteiger partial charge in [-0.3, -0.25) is 19.7 Å². The molecule has 9 heteroatoms. The third-order valence-electron chi connectivity index (χ3n) is 4.34. The van der Waals surface area contributed by atoms with E-state index in [0.29, 0.717) is 30.4 Å². The molecule has 1 fully saturated rings. The van der Waals surface area contributed by atoms with Gasteiger partial charge in [0.2, 0.25) is 11.7 Å². The first-order chi connectivity index (χ1) is 12.7. The van der Waals surface area contributed by atoms with Gasteiger partial charge in [0.05, 0.1) is 12.2 Å². The molecule has 0 unspecified atom stereocenters. The Morgan fingerprint density at radius 2 is 2.08 bits per heavy atom. The molecule has 1 amide bonds. The maximum absolute atomic E-state index is 12.3. The van der Waals surface area contributed by atoms with Crippen molar-refractivity contribution in [1.82, 2.24) is 35.3 Å². The molecule has 0 radical (unpaired) electrons. The van der Waals surface area contributed by atoms with Crippen molar-refractivity contribution in [3.8, 4) is 11.4 Å². The van der Waals surface area contributed by atoms with Gasteiger partial charge in [0.25, 0.3) is 5.91 Å². The lowest BCUT2D eigenvalue weighted by atomic mass is 10.1. The Balaban J connectivity index is 1.44. The predicted octanol–water partition coefficient (Wildman–Crippen LogP) is 1.10. The van der Waals surface area contributed by atoms with E-state index < -0.39 is 0 Å². The minimum atomic E-state index is -0.236. The van der Waals surface area contributed by atoms with Gasteiger partial charge in [0.1, 0.15) is 5.69 Å². The van der Waals surface area contributed by atoms with Crippen molar-refractivity contribution < 1.29 is 9.32 Å². The number of likely N-dealkylation sites (N-methyl/N-ethyl adjacent to an activating group) is 1. The zero-order valence-electron chi connectivity index (χ0n) is 14.1. The fourth-order valence-corrected chi connectivity index (χ4v) is 3.06. The zero-order valence-corrected chi connectivity index (χ0v) is 14.1. The fourth-order valence-electron chi connectivity index (χ4n) is 3.06. The minimum absolute atomic E-state index is 0.0317. The molecule has 1 aliphatic rings. The Kier molecular flexibility index (Phi) is 4.36. The maximum Gasteiger partial charge on any atom is 0.271 e. The van der Waals surface area contributed by atoms with E-state index in [4.69, 9.17) is 4.52 Å². The monoisotopic (exact) mass is 351 g/mol. The molecule has 0 aromatic carbocycles. The molecule has 3 aromatic heterocycles. The van der Waals surface area contributed by atoms with Crippen LogP contribution in [0.15, 0.2) is 47.6 Å². The zero-order chi connectivity index (χ0) is 17.9. The highest BCUT2D eigenvalue weighted by Gasteiger charge is 2.35. The Morgan fingerprint density at radius 3 is 2.85 bits per heavy atom. The first-order valence-electron chi connectivity index (χ1n) is 8.22. The van der Waals surface area contributed by atoms with Crippen LogP contribution in [0.2, 0.25) is 0 Å². The molecule has 4 heterocycles. The van der Waals surface area contributed by atoms with Crippen molar-refractivity contribution in [1.29, 1.82) is 0 Å². The topological polar surface area (TPSA) is 110 Å². The van der Waals surface area contributed by atoms with Gasteiger partial charge in [-0.2, -0.15) is 4.98 Å². The minimum Gasteiger partial charge on any atom is -0.347 e. The maximum atomic E-state index is 12.3. The van der Waals surface area contributed by atoms with E-state index in [9.17, 15) is 4.79 Å². The Morgan fingerprint density at radius 1 is 1.23 bits per heavy atom. The Labute approximate surface area is 149 Å². The molecule has 0 spiro atoms. The molecule has 4 rings (SSSR count). The van der Waals surface area contributed by atoms with Gasteiger partial charge < -0.3 is 9.84 Å². The molecule has 1 aliphatic heterocycles. The average molecular weight is 351 g/mol. The Bertz CT molecular complexity index is 884. The first-order valence-corrected chi connectivity index (χ1v) is 8.22. The van der Waals surface area contributed by atoms with Gasteiger partial charge >= 0.3 is 0 Å². The normalized spacial score (nSPS) is 20.2. The summed E-state index contributed by atoms with van der Waals surface area (Å²) in [5.41, 5.74) is 1.15. The van der Waals surface area contributed by atoms with Crippen LogP contribution in [-0.4, -0.2) is 55.5 Å². The van der Waals surface area contributed by atoms with Crippen LogP contribution in [0.4, 0.5) is 0 Å². The van der Waals surface area contributed by atoms with E-state index in [0.717, 1.165) is 5.56 Å². The number of rotatable bonds is 4. The highest BCUT2D eigenvalue weighted by Crippen LogP contribution is 2.30. The molecule has 0 saturated carbocycles. The van der Waals surface area contributed by atoms with Gasteiger partial charge in [-0.25, -0.2) is 4.98 Å². The molecule has 0 bridgehead atoms. The number of nitrogens with zero attached hydrogens (tertiary/aromatic N) is 6. The number of likely N-dealkylation sites (tertiary alicyclic amines) is 1. The van der Waals surface area contributed by atoms with Gasteiger partial charge in [-0.05, 0) is 25.6 Å². The van der Waals surface area contributed by atoms with Crippen molar-refractivity contribution >= 4 is 5.91 Å². The van der Waals surface area contributed by atoms with Crippen LogP contribution in [-0.2, 0) is 0 Å². The molecular weight excluding hydrogens is 334 g/mol. The molecule has 9 nitrogen and oxygen atoms in total. The molecule has 2 atom stereocenters. The van der Waals surface area contributed by atoms with Crippen molar-refractivity contribution in [2.75, 3.05) is 13.6 Å². The van der Waals surface area contributed by atoms with Crippen LogP contribution in [0.1, 0.15) is 28.8 Å². The van der Waals surface area contributed by atoms with E-state index in [-0.39, 0.29) is 18.0 Å². The molecule has 26 heavy (non-hydrogen) atoms. The van der Waals surface area contributed by atoms with Crippen LogP contribution in [0, 0.1) is 0 Å². The summed E-state index contributed by atoms with van der Waals surface area (Å²) in [7, 11) is 1.97. The van der Waals surface area contributed by atoms with Crippen LogP contribution in [0.5, 0.6) is 0 Å². The third kappa shape index (κ3) is 3.29. The predicted molar refractivity (Wildman–Crippen MR) is 90.8 cm³/mol. The summed E-state index contributed by atoms with van der Waals surface area (Å²) in [5, 5.41) is 7.04. The number of aromatic nitrogens is 5. The smallest absolute Gasteiger partial charge is 0.271 e. The summed E-state index contributed by atoms with van der Waals surface area (Å²) in [6.07, 6.45) is 8.53. The second-order valence-corrected chi connectivity index (χ2v) is 6.14. The van der Waals surface area contributed by atoms with Crippen molar-refractivity contribution in [2.24, 2.45) is 0 Å². The van der Waals surface area contributed by atoms with E-state index in [1.807, 2.05) is 19.2 Å². The summed E-state index contributed by atoms with van der Waals surface area (Å²) in [5.74, 6) is 0.832. The summed E-state index contributed by atoms with van der Waals surface area (Å²) in [4.78, 5) is 30.8. The lowest BCUT2D eigenvalue weighted by Crippen LogP contribution is -2.36. The average Bonchev–Trinajstić information content (AvgIpc) is 3.30. The first kappa shape index (κ1) is 16.3. The second-order valence-electron chi connectivity index (χ2n) is 6.14. The number of amides is 1. The van der Waals surface area contributed by atoms with E-state index >= 15 is 0 Å². The van der Waals surface area contributed by atoms with Crippen molar-refractivity contribution in [2.45, 2.75) is 18.5 Å². The van der Waals surface area contributed by atoms with Crippen molar-refractivity contribution in [3.63, 3.8) is 0 Å². The van der Waals surface area contributed by atoms with Crippen LogP contribution >= 0.6 is 0 Å². The third-order valence-corrected chi connectivity index (χ3v) is 4.34. The number of pyridine rings is 1. The number of hydrogen-bond acceptors (Lipinski definition) is 8. The van der Waals surface area contributed by atoms with E-state index in [1.54, 1.807) is 12.4 Å².